The maximum atomic E-state index is 12.4. The monoisotopic (exact) mass is 407 g/mol. The second-order valence-corrected chi connectivity index (χ2v) is 6.64. The van der Waals surface area contributed by atoms with Crippen molar-refractivity contribution in [1.82, 2.24) is 0 Å². The van der Waals surface area contributed by atoms with Crippen LogP contribution in [0.5, 0.6) is 0 Å². The van der Waals surface area contributed by atoms with Crippen molar-refractivity contribution in [2.75, 3.05) is 4.90 Å². The molecule has 0 aliphatic carbocycles. The van der Waals surface area contributed by atoms with Crippen LogP contribution in [-0.2, 0) is 4.79 Å². The normalized spacial score (nSPS) is 15.3. The van der Waals surface area contributed by atoms with E-state index in [2.05, 4.69) is 31.9 Å². The minimum absolute atomic E-state index is 0.207. The molecule has 0 saturated heterocycles. The Morgan fingerprint density at radius 3 is 2.38 bits per heavy atom. The molecule has 0 saturated carbocycles. The van der Waals surface area contributed by atoms with E-state index >= 15 is 0 Å². The highest BCUT2D eigenvalue weighted by molar-refractivity contribution is 9.11. The molecule has 21 heavy (non-hydrogen) atoms. The van der Waals surface area contributed by atoms with Gasteiger partial charge in [-0.1, -0.05) is 46.3 Å². The Kier molecular flexibility index (Phi) is 3.71. The van der Waals surface area contributed by atoms with Gasteiger partial charge in [-0.2, -0.15) is 0 Å². The fraction of sp³-hybridized carbons (Fsp3) is 0.125. The summed E-state index contributed by atoms with van der Waals surface area (Å²) in [7, 11) is 0. The zero-order valence-electron chi connectivity index (χ0n) is 11.1. The van der Waals surface area contributed by atoms with Crippen LogP contribution in [0.4, 0.5) is 5.69 Å². The van der Waals surface area contributed by atoms with E-state index in [9.17, 15) is 9.59 Å². The van der Waals surface area contributed by atoms with Crippen LogP contribution in [0.1, 0.15) is 28.9 Å². The lowest BCUT2D eigenvalue weighted by Crippen LogP contribution is -2.32. The highest BCUT2D eigenvalue weighted by Crippen LogP contribution is 2.42. The first kappa shape index (κ1) is 14.5. The molecule has 0 bridgehead atoms. The number of hydrogen-bond donors (Lipinski definition) is 0. The topological polar surface area (TPSA) is 37.4 Å². The van der Waals surface area contributed by atoms with E-state index in [-0.39, 0.29) is 6.04 Å². The smallest absolute Gasteiger partial charge is 0.296 e. The van der Waals surface area contributed by atoms with Crippen LogP contribution < -0.4 is 4.90 Å². The van der Waals surface area contributed by atoms with Crippen LogP contribution in [0.3, 0.4) is 0 Å². The van der Waals surface area contributed by atoms with Crippen LogP contribution in [-0.4, -0.2) is 11.7 Å². The number of fused-ring (bicyclic) bond motifs is 1. The quantitative estimate of drug-likeness (QED) is 0.686. The number of rotatable bonds is 2. The van der Waals surface area contributed by atoms with Crippen molar-refractivity contribution >= 4 is 49.2 Å². The van der Waals surface area contributed by atoms with Gasteiger partial charge in [-0.05, 0) is 40.5 Å². The first-order valence-corrected chi connectivity index (χ1v) is 8.01. The van der Waals surface area contributed by atoms with E-state index in [1.54, 1.807) is 11.0 Å². The van der Waals surface area contributed by atoms with E-state index in [0.717, 1.165) is 14.5 Å². The number of carbonyl (C=O) groups is 2. The standard InChI is InChI=1S/C16H11Br2NO2/c1-9(10-5-3-2-4-6-10)19-14-12(15(20)16(19)21)7-11(17)8-13(14)18/h2-9H,1H3. The molecule has 0 N–H and O–H groups in total. The van der Waals surface area contributed by atoms with Crippen LogP contribution in [0.15, 0.2) is 51.4 Å². The number of carbonyl (C=O) groups excluding carboxylic acids is 2. The third-order valence-corrected chi connectivity index (χ3v) is 4.66. The first-order chi connectivity index (χ1) is 10.0. The Balaban J connectivity index is 2.14. The number of nitrogens with zero attached hydrogens (tertiary/aromatic N) is 1. The number of Topliss-reactive ketones (excluding diaryl/α,β-unsaturated/α-hetero) is 1. The molecule has 1 aliphatic rings. The largest absolute Gasteiger partial charge is 0.300 e. The van der Waals surface area contributed by atoms with Crippen molar-refractivity contribution in [3.63, 3.8) is 0 Å². The highest BCUT2D eigenvalue weighted by Gasteiger charge is 2.40. The summed E-state index contributed by atoms with van der Waals surface area (Å²) in [4.78, 5) is 26.2. The summed E-state index contributed by atoms with van der Waals surface area (Å²) in [5.74, 6) is -0.949. The third-order valence-electron chi connectivity index (χ3n) is 3.60. The van der Waals surface area contributed by atoms with Crippen molar-refractivity contribution in [2.24, 2.45) is 0 Å². The maximum absolute atomic E-state index is 12.4. The predicted octanol–water partition coefficient (Wildman–Crippen LogP) is 4.50. The summed E-state index contributed by atoms with van der Waals surface area (Å²) in [6.45, 7) is 1.92. The average Bonchev–Trinajstić information content (AvgIpc) is 2.72. The molecule has 5 heteroatoms. The van der Waals surface area contributed by atoms with E-state index < -0.39 is 11.7 Å². The van der Waals surface area contributed by atoms with Crippen LogP contribution in [0.2, 0.25) is 0 Å². The lowest BCUT2D eigenvalue weighted by molar-refractivity contribution is -0.114. The Morgan fingerprint density at radius 2 is 1.71 bits per heavy atom. The van der Waals surface area contributed by atoms with Crippen molar-refractivity contribution < 1.29 is 9.59 Å². The van der Waals surface area contributed by atoms with Crippen LogP contribution >= 0.6 is 31.9 Å². The Labute approximate surface area is 139 Å². The zero-order valence-corrected chi connectivity index (χ0v) is 14.3. The SMILES string of the molecule is CC(c1ccccc1)N1C(=O)C(=O)c2cc(Br)cc(Br)c21. The fourth-order valence-corrected chi connectivity index (χ4v) is 3.98. The summed E-state index contributed by atoms with van der Waals surface area (Å²) in [6, 6.07) is 13.0. The summed E-state index contributed by atoms with van der Waals surface area (Å²) in [6.07, 6.45) is 0. The molecule has 2 aromatic carbocycles. The molecule has 2 aromatic rings. The van der Waals surface area contributed by atoms with Gasteiger partial charge in [-0.25, -0.2) is 0 Å². The molecule has 1 aliphatic heterocycles. The summed E-state index contributed by atoms with van der Waals surface area (Å²) >= 11 is 6.81. The van der Waals surface area contributed by atoms with E-state index in [1.807, 2.05) is 43.3 Å². The van der Waals surface area contributed by atoms with Crippen LogP contribution in [0, 0.1) is 0 Å². The number of hydrogen-bond acceptors (Lipinski definition) is 2. The molecule has 0 radical (unpaired) electrons. The number of amides is 1. The minimum Gasteiger partial charge on any atom is -0.296 e. The summed E-state index contributed by atoms with van der Waals surface area (Å²) in [5, 5.41) is 0. The molecule has 1 atom stereocenters. The first-order valence-electron chi connectivity index (χ1n) is 6.42. The maximum Gasteiger partial charge on any atom is 0.300 e. The van der Waals surface area contributed by atoms with Gasteiger partial charge in [0.1, 0.15) is 0 Å². The molecule has 1 unspecified atom stereocenters. The van der Waals surface area contributed by atoms with E-state index in [1.165, 1.54) is 0 Å². The fourth-order valence-electron chi connectivity index (χ4n) is 2.56. The molecule has 3 rings (SSSR count). The Hall–Kier alpha value is -1.46. The third kappa shape index (κ3) is 2.34. The highest BCUT2D eigenvalue weighted by atomic mass is 79.9. The minimum atomic E-state index is -0.486. The molecule has 0 fully saturated rings. The molecule has 106 valence electrons. The molecule has 1 amide bonds. The number of ketones is 1. The van der Waals surface area contributed by atoms with Gasteiger partial charge in [0.2, 0.25) is 0 Å². The van der Waals surface area contributed by atoms with Gasteiger partial charge in [0.05, 0.1) is 17.3 Å². The lowest BCUT2D eigenvalue weighted by Gasteiger charge is -2.25. The number of halogens is 2. The number of anilines is 1. The summed E-state index contributed by atoms with van der Waals surface area (Å²) in [5.41, 5.74) is 2.06. The van der Waals surface area contributed by atoms with Crippen molar-refractivity contribution in [2.45, 2.75) is 13.0 Å². The van der Waals surface area contributed by atoms with Crippen molar-refractivity contribution in [3.05, 3.63) is 62.5 Å². The Morgan fingerprint density at radius 1 is 1.05 bits per heavy atom. The molecular formula is C16H11Br2NO2. The van der Waals surface area contributed by atoms with Gasteiger partial charge in [-0.15, -0.1) is 0 Å². The van der Waals surface area contributed by atoms with E-state index in [0.29, 0.717) is 11.3 Å². The van der Waals surface area contributed by atoms with Crippen molar-refractivity contribution in [1.29, 1.82) is 0 Å². The zero-order chi connectivity index (χ0) is 15.1. The molecule has 1 heterocycles. The number of benzene rings is 2. The van der Waals surface area contributed by atoms with Crippen LogP contribution in [0.25, 0.3) is 0 Å². The van der Waals surface area contributed by atoms with E-state index in [4.69, 9.17) is 0 Å². The van der Waals surface area contributed by atoms with Gasteiger partial charge in [-0.3, -0.25) is 14.5 Å². The molecule has 3 nitrogen and oxygen atoms in total. The van der Waals surface area contributed by atoms with Gasteiger partial charge in [0.25, 0.3) is 11.7 Å². The predicted molar refractivity (Wildman–Crippen MR) is 88.5 cm³/mol. The second kappa shape index (κ2) is 5.39. The van der Waals surface area contributed by atoms with Crippen molar-refractivity contribution in [3.8, 4) is 0 Å². The van der Waals surface area contributed by atoms with Gasteiger partial charge in [0.15, 0.2) is 0 Å². The van der Waals surface area contributed by atoms with Gasteiger partial charge < -0.3 is 0 Å². The summed E-state index contributed by atoms with van der Waals surface area (Å²) < 4.78 is 1.50. The molecular weight excluding hydrogens is 398 g/mol. The van der Waals surface area contributed by atoms with Gasteiger partial charge >= 0.3 is 0 Å². The lowest BCUT2D eigenvalue weighted by atomic mass is 10.1. The molecule has 0 aromatic heterocycles. The van der Waals surface area contributed by atoms with Gasteiger partial charge in [0, 0.05) is 8.95 Å². The average molecular weight is 409 g/mol. The Bertz CT molecular complexity index is 743. The second-order valence-electron chi connectivity index (χ2n) is 4.87. The molecule has 0 spiro atoms.